The van der Waals surface area contributed by atoms with Gasteiger partial charge in [0, 0.05) is 23.2 Å². The topological polar surface area (TPSA) is 120 Å². The molecule has 5 N–H and O–H groups in total. The van der Waals surface area contributed by atoms with Crippen molar-refractivity contribution >= 4 is 17.0 Å². The molecule has 0 spiro atoms. The Kier molecular flexibility index (Phi) is 6.85. The summed E-state index contributed by atoms with van der Waals surface area (Å²) in [5.41, 5.74) is 17.5. The smallest absolute Gasteiger partial charge is 0.160 e. The average molecular weight is 509 g/mol. The molecule has 0 amide bonds. The molecule has 8 nitrogen and oxygen atoms in total. The van der Waals surface area contributed by atoms with Gasteiger partial charge in [-0.25, -0.2) is 25.7 Å². The number of fused-ring (bicyclic) bond motifs is 1. The maximum Gasteiger partial charge on any atom is 0.160 e. The van der Waals surface area contributed by atoms with Gasteiger partial charge in [-0.05, 0) is 66.4 Å². The Bertz CT molecular complexity index is 1640. The highest BCUT2D eigenvalue weighted by atomic mass is 19.1. The number of imidazole rings is 1. The predicted molar refractivity (Wildman–Crippen MR) is 149 cm³/mol. The van der Waals surface area contributed by atoms with E-state index < -0.39 is 0 Å². The Hall–Kier alpha value is -4.63. The number of hydrazine groups is 1. The van der Waals surface area contributed by atoms with E-state index in [-0.39, 0.29) is 11.7 Å². The van der Waals surface area contributed by atoms with Crippen molar-refractivity contribution < 1.29 is 4.39 Å². The molecule has 0 saturated heterocycles. The van der Waals surface area contributed by atoms with Crippen LogP contribution in [0.15, 0.2) is 72.0 Å². The van der Waals surface area contributed by atoms with Gasteiger partial charge in [-0.2, -0.15) is 0 Å². The number of hydrogen-bond acceptors (Lipinski definition) is 6. The molecule has 0 fully saturated rings. The summed E-state index contributed by atoms with van der Waals surface area (Å²) < 4.78 is 15.6. The van der Waals surface area contributed by atoms with Crippen LogP contribution >= 0.6 is 0 Å². The summed E-state index contributed by atoms with van der Waals surface area (Å²) in [6, 6.07) is 19.1. The van der Waals surface area contributed by atoms with Gasteiger partial charge in [0.15, 0.2) is 11.5 Å². The molecule has 5 aromatic rings. The molecule has 3 aromatic heterocycles. The van der Waals surface area contributed by atoms with Crippen LogP contribution < -0.4 is 17.1 Å². The molecule has 2 aromatic carbocycles. The summed E-state index contributed by atoms with van der Waals surface area (Å²) in [6.45, 7) is 6.84. The first kappa shape index (κ1) is 25.0. The van der Waals surface area contributed by atoms with E-state index in [1.54, 1.807) is 6.07 Å². The number of aryl methyl sites for hydroxylation is 3. The van der Waals surface area contributed by atoms with Gasteiger partial charge in [0.1, 0.15) is 17.2 Å². The van der Waals surface area contributed by atoms with E-state index in [0.29, 0.717) is 17.8 Å². The molecular formula is C29H29FN8. The SMILES string of the molecule is CCc1nc2c(C)cc(C)nc2n1Cc1ccc(-c2cc(-c3ccc(F)cn3)ccc2/C(N)=N/NN)cc1. The fourth-order valence-corrected chi connectivity index (χ4v) is 4.70. The monoisotopic (exact) mass is 508 g/mol. The lowest BCUT2D eigenvalue weighted by atomic mass is 9.95. The van der Waals surface area contributed by atoms with Gasteiger partial charge >= 0.3 is 0 Å². The Balaban J connectivity index is 1.54. The molecule has 192 valence electrons. The molecule has 0 bridgehead atoms. The maximum absolute atomic E-state index is 13.4. The van der Waals surface area contributed by atoms with Gasteiger partial charge in [0.25, 0.3) is 0 Å². The van der Waals surface area contributed by atoms with Crippen molar-refractivity contribution in [2.24, 2.45) is 16.7 Å². The van der Waals surface area contributed by atoms with Crippen LogP contribution in [0.25, 0.3) is 33.5 Å². The highest BCUT2D eigenvalue weighted by molar-refractivity contribution is 6.04. The fraction of sp³-hybridized carbons (Fsp3) is 0.172. The third kappa shape index (κ3) is 4.83. The Morgan fingerprint density at radius 3 is 2.45 bits per heavy atom. The number of halogens is 1. The van der Waals surface area contributed by atoms with Crippen molar-refractivity contribution in [3.05, 3.63) is 101 Å². The van der Waals surface area contributed by atoms with Gasteiger partial charge in [-0.1, -0.05) is 37.3 Å². The molecule has 0 aliphatic rings. The lowest BCUT2D eigenvalue weighted by Crippen LogP contribution is -2.23. The average Bonchev–Trinajstić information content (AvgIpc) is 3.27. The number of aromatic nitrogens is 4. The van der Waals surface area contributed by atoms with Crippen LogP contribution in [0, 0.1) is 19.7 Å². The number of nitrogens with one attached hydrogen (secondary N) is 1. The minimum Gasteiger partial charge on any atom is -0.382 e. The van der Waals surface area contributed by atoms with Crippen LogP contribution in [0.3, 0.4) is 0 Å². The van der Waals surface area contributed by atoms with Crippen LogP contribution in [-0.2, 0) is 13.0 Å². The van der Waals surface area contributed by atoms with Crippen molar-refractivity contribution in [3.63, 3.8) is 0 Å². The van der Waals surface area contributed by atoms with Gasteiger partial charge in [0.2, 0.25) is 0 Å². The van der Waals surface area contributed by atoms with Crippen molar-refractivity contribution in [1.82, 2.24) is 25.1 Å². The zero-order valence-electron chi connectivity index (χ0n) is 21.5. The van der Waals surface area contributed by atoms with E-state index in [1.165, 1.54) is 12.3 Å². The standard InChI is InChI=1S/C29H29FN8/c1-4-26-35-27-17(2)13-18(3)34-29(27)38(26)16-19-5-7-20(8-6-19)24-14-21(25-12-10-22(30)15-33-25)9-11-23(24)28(31)36-37-32/h5-15,37H,4,16,32H2,1-3H3,(H2,31,36). The van der Waals surface area contributed by atoms with Crippen LogP contribution in [0.1, 0.15) is 35.1 Å². The van der Waals surface area contributed by atoms with Gasteiger partial charge < -0.3 is 10.3 Å². The Morgan fingerprint density at radius 1 is 1.00 bits per heavy atom. The zero-order chi connectivity index (χ0) is 26.8. The van der Waals surface area contributed by atoms with E-state index >= 15 is 0 Å². The number of nitrogens with zero attached hydrogens (tertiary/aromatic N) is 5. The lowest BCUT2D eigenvalue weighted by molar-refractivity contribution is 0.622. The quantitative estimate of drug-likeness (QED) is 0.128. The van der Waals surface area contributed by atoms with Crippen LogP contribution in [0.4, 0.5) is 4.39 Å². The number of hydrogen-bond donors (Lipinski definition) is 3. The molecule has 0 atom stereocenters. The normalized spacial score (nSPS) is 11.8. The van der Waals surface area contributed by atoms with Crippen molar-refractivity contribution in [2.75, 3.05) is 0 Å². The number of rotatable bonds is 7. The first-order valence-electron chi connectivity index (χ1n) is 12.4. The van der Waals surface area contributed by atoms with Crippen molar-refractivity contribution in [2.45, 2.75) is 33.7 Å². The van der Waals surface area contributed by atoms with E-state index in [1.807, 2.05) is 37.3 Å². The molecule has 0 saturated carbocycles. The van der Waals surface area contributed by atoms with Crippen LogP contribution in [-0.4, -0.2) is 25.4 Å². The molecule has 9 heteroatoms. The molecule has 0 aliphatic heterocycles. The summed E-state index contributed by atoms with van der Waals surface area (Å²) in [6.07, 6.45) is 2.02. The van der Waals surface area contributed by atoms with Crippen molar-refractivity contribution in [1.29, 1.82) is 0 Å². The van der Waals surface area contributed by atoms with E-state index in [2.05, 4.69) is 52.2 Å². The maximum atomic E-state index is 13.4. The van der Waals surface area contributed by atoms with Crippen LogP contribution in [0.5, 0.6) is 0 Å². The minimum absolute atomic E-state index is 0.250. The first-order valence-corrected chi connectivity index (χ1v) is 12.4. The first-order chi connectivity index (χ1) is 18.4. The molecule has 0 radical (unpaired) electrons. The predicted octanol–water partition coefficient (Wildman–Crippen LogP) is 4.61. The fourth-order valence-electron chi connectivity index (χ4n) is 4.70. The highest BCUT2D eigenvalue weighted by Gasteiger charge is 2.15. The summed E-state index contributed by atoms with van der Waals surface area (Å²) in [4.78, 5) is 13.9. The molecule has 3 heterocycles. The molecule has 0 unspecified atom stereocenters. The molecule has 0 aliphatic carbocycles. The summed E-state index contributed by atoms with van der Waals surface area (Å²) >= 11 is 0. The minimum atomic E-state index is -0.385. The summed E-state index contributed by atoms with van der Waals surface area (Å²) in [7, 11) is 0. The summed E-state index contributed by atoms with van der Waals surface area (Å²) in [5, 5.41) is 3.96. The van der Waals surface area contributed by atoms with E-state index in [0.717, 1.165) is 56.9 Å². The van der Waals surface area contributed by atoms with Gasteiger partial charge in [0.05, 0.1) is 18.4 Å². The van der Waals surface area contributed by atoms with Gasteiger partial charge in [-0.15, -0.1) is 5.10 Å². The largest absolute Gasteiger partial charge is 0.382 e. The summed E-state index contributed by atoms with van der Waals surface area (Å²) in [5.74, 6) is 6.25. The second-order valence-electron chi connectivity index (χ2n) is 9.17. The van der Waals surface area contributed by atoms with Crippen molar-refractivity contribution in [3.8, 4) is 22.4 Å². The molecule has 38 heavy (non-hydrogen) atoms. The third-order valence-electron chi connectivity index (χ3n) is 6.53. The van der Waals surface area contributed by atoms with E-state index in [9.17, 15) is 4.39 Å². The van der Waals surface area contributed by atoms with Gasteiger partial charge in [-0.3, -0.25) is 4.98 Å². The molecule has 5 rings (SSSR count). The number of benzene rings is 2. The van der Waals surface area contributed by atoms with E-state index in [4.69, 9.17) is 21.5 Å². The second-order valence-corrected chi connectivity index (χ2v) is 9.17. The Morgan fingerprint density at radius 2 is 1.76 bits per heavy atom. The number of amidine groups is 1. The zero-order valence-corrected chi connectivity index (χ0v) is 21.5. The lowest BCUT2D eigenvalue weighted by Gasteiger charge is -2.13. The molecular weight excluding hydrogens is 479 g/mol. The number of pyridine rings is 2. The number of nitrogens with two attached hydrogens (primary N) is 2. The number of hydrazone groups is 1. The third-order valence-corrected chi connectivity index (χ3v) is 6.53. The van der Waals surface area contributed by atoms with Crippen LogP contribution in [0.2, 0.25) is 0 Å². The second kappa shape index (κ2) is 10.4. The highest BCUT2D eigenvalue weighted by Crippen LogP contribution is 2.30. The Labute approximate surface area is 220 Å².